The minimum Gasteiger partial charge on any atom is -0.393 e. The van der Waals surface area contributed by atoms with E-state index in [1.165, 1.54) is 23.5 Å². The van der Waals surface area contributed by atoms with E-state index in [2.05, 4.69) is 61.6 Å². The summed E-state index contributed by atoms with van der Waals surface area (Å²) in [7, 11) is 0. The fourth-order valence-corrected chi connectivity index (χ4v) is 7.29. The van der Waals surface area contributed by atoms with Gasteiger partial charge in [0.1, 0.15) is 0 Å². The van der Waals surface area contributed by atoms with Crippen LogP contribution in [0.3, 0.4) is 0 Å². The number of aliphatic hydroxyl groups is 1. The van der Waals surface area contributed by atoms with E-state index in [0.29, 0.717) is 12.5 Å². The summed E-state index contributed by atoms with van der Waals surface area (Å²) < 4.78 is 6.41. The second-order valence-corrected chi connectivity index (χ2v) is 10.2. The van der Waals surface area contributed by atoms with Gasteiger partial charge >= 0.3 is 0 Å². The molecule has 1 fully saturated rings. The van der Waals surface area contributed by atoms with Gasteiger partial charge in [0.15, 0.2) is 0 Å². The predicted octanol–water partition coefficient (Wildman–Crippen LogP) is 5.35. The number of rotatable bonds is 9. The van der Waals surface area contributed by atoms with Gasteiger partial charge in [-0.25, -0.2) is 0 Å². The number of hydrogen-bond acceptors (Lipinski definition) is 4. The molecule has 4 heteroatoms. The Kier molecular flexibility index (Phi) is 8.48. The highest BCUT2D eigenvalue weighted by Gasteiger charge is 2.37. The molecule has 3 atom stereocenters. The van der Waals surface area contributed by atoms with Gasteiger partial charge in [-0.05, 0) is 55.6 Å². The van der Waals surface area contributed by atoms with Crippen LogP contribution in [0.5, 0.6) is 0 Å². The van der Waals surface area contributed by atoms with Crippen molar-refractivity contribution in [2.45, 2.75) is 69.3 Å². The lowest BCUT2D eigenvalue weighted by molar-refractivity contribution is -0.000506. The smallest absolute Gasteiger partial charge is 0.0720 e. The van der Waals surface area contributed by atoms with E-state index < -0.39 is 0 Å². The van der Waals surface area contributed by atoms with E-state index in [0.717, 1.165) is 19.3 Å². The molecule has 1 aromatic carbocycles. The average Bonchev–Trinajstić information content (AvgIpc) is 2.56. The van der Waals surface area contributed by atoms with Crippen LogP contribution in [0.1, 0.15) is 52.0 Å². The second kappa shape index (κ2) is 10.1. The fourth-order valence-electron chi connectivity index (χ4n) is 3.47. The van der Waals surface area contributed by atoms with Gasteiger partial charge in [0.05, 0.1) is 22.9 Å². The topological polar surface area (TPSA) is 29.5 Å². The van der Waals surface area contributed by atoms with Gasteiger partial charge in [-0.2, -0.15) is 0 Å². The normalized spacial score (nSPS) is 21.2. The van der Waals surface area contributed by atoms with E-state index >= 15 is 0 Å². The summed E-state index contributed by atoms with van der Waals surface area (Å²) in [5, 5.41) is 9.97. The molecule has 0 unspecified atom stereocenters. The van der Waals surface area contributed by atoms with Crippen molar-refractivity contribution in [3.05, 3.63) is 35.9 Å². The summed E-state index contributed by atoms with van der Waals surface area (Å²) in [4.78, 5) is 0. The number of ether oxygens (including phenoxy) is 1. The van der Waals surface area contributed by atoms with Gasteiger partial charge in [0.25, 0.3) is 0 Å². The maximum Gasteiger partial charge on any atom is 0.0720 e. The fraction of sp³-hybridized carbons (Fsp3) is 0.700. The first-order valence-corrected chi connectivity index (χ1v) is 11.1. The Morgan fingerprint density at radius 3 is 2.38 bits per heavy atom. The summed E-state index contributed by atoms with van der Waals surface area (Å²) in [6.07, 6.45) is 4.35. The molecule has 2 nitrogen and oxygen atoms in total. The minimum atomic E-state index is -0.236. The summed E-state index contributed by atoms with van der Waals surface area (Å²) in [5.41, 5.74) is 1.24. The van der Waals surface area contributed by atoms with Crippen LogP contribution >= 0.6 is 23.5 Å². The standard InChI is InChI=1S/C20H32O2S2/c1-4-19(22-15-18-9-6-5-7-10-18)16(2)13-20(14-17(3)21)23-11-8-12-24-20/h5-7,9-10,16-17,19,21H,4,8,11-15H2,1-3H3/t16-,17+,19+/m0/s1. The van der Waals surface area contributed by atoms with Crippen LogP contribution in [0, 0.1) is 5.92 Å². The summed E-state index contributed by atoms with van der Waals surface area (Å²) >= 11 is 4.11. The summed E-state index contributed by atoms with van der Waals surface area (Å²) in [6, 6.07) is 10.4. The van der Waals surface area contributed by atoms with E-state index in [-0.39, 0.29) is 16.3 Å². The highest BCUT2D eigenvalue weighted by Crippen LogP contribution is 2.50. The Morgan fingerprint density at radius 1 is 1.12 bits per heavy atom. The van der Waals surface area contributed by atoms with Crippen LogP contribution < -0.4 is 0 Å². The lowest BCUT2D eigenvalue weighted by Gasteiger charge is -2.40. The zero-order valence-electron chi connectivity index (χ0n) is 15.2. The first-order valence-electron chi connectivity index (χ1n) is 9.16. The lowest BCUT2D eigenvalue weighted by atomic mass is 9.94. The third-order valence-corrected chi connectivity index (χ3v) is 8.01. The molecule has 0 saturated carbocycles. The van der Waals surface area contributed by atoms with Gasteiger partial charge in [-0.15, -0.1) is 23.5 Å². The molecule has 0 amide bonds. The molecule has 1 N–H and O–H groups in total. The molecule has 136 valence electrons. The molecule has 0 spiro atoms. The molecule has 2 rings (SSSR count). The van der Waals surface area contributed by atoms with E-state index in [1.807, 2.05) is 13.0 Å². The molecule has 1 aliphatic heterocycles. The van der Waals surface area contributed by atoms with Crippen LogP contribution in [0.4, 0.5) is 0 Å². The molecule has 24 heavy (non-hydrogen) atoms. The molecule has 1 heterocycles. The molecule has 1 aromatic rings. The quantitative estimate of drug-likeness (QED) is 0.636. The first kappa shape index (κ1) is 20.2. The molecule has 0 radical (unpaired) electrons. The third kappa shape index (κ3) is 6.29. The molecule has 0 aromatic heterocycles. The van der Waals surface area contributed by atoms with Crippen molar-refractivity contribution in [3.8, 4) is 0 Å². The van der Waals surface area contributed by atoms with E-state index in [9.17, 15) is 5.11 Å². The Morgan fingerprint density at radius 2 is 1.79 bits per heavy atom. The Bertz CT molecular complexity index is 458. The van der Waals surface area contributed by atoms with Gasteiger partial charge in [0.2, 0.25) is 0 Å². The van der Waals surface area contributed by atoms with Gasteiger partial charge in [-0.1, -0.05) is 44.2 Å². The summed E-state index contributed by atoms with van der Waals surface area (Å²) in [6.45, 7) is 7.14. The number of hydrogen-bond donors (Lipinski definition) is 1. The van der Waals surface area contributed by atoms with Gasteiger partial charge in [-0.3, -0.25) is 0 Å². The monoisotopic (exact) mass is 368 g/mol. The maximum atomic E-state index is 9.97. The average molecular weight is 369 g/mol. The van der Waals surface area contributed by atoms with Crippen LogP contribution in [0.25, 0.3) is 0 Å². The SMILES string of the molecule is CC[C@@H](OCc1ccccc1)[C@@H](C)CC1(C[C@@H](C)O)SCCCS1. The van der Waals surface area contributed by atoms with E-state index in [4.69, 9.17) is 4.74 Å². The first-order chi connectivity index (χ1) is 11.5. The summed E-state index contributed by atoms with van der Waals surface area (Å²) in [5.74, 6) is 2.93. The molecule has 0 aliphatic carbocycles. The van der Waals surface area contributed by atoms with Crippen molar-refractivity contribution < 1.29 is 9.84 Å². The Labute approximate surface area is 156 Å². The molecule has 0 bridgehead atoms. The van der Waals surface area contributed by atoms with Crippen molar-refractivity contribution in [3.63, 3.8) is 0 Å². The Hall–Kier alpha value is -0.160. The van der Waals surface area contributed by atoms with Crippen molar-refractivity contribution in [2.75, 3.05) is 11.5 Å². The van der Waals surface area contributed by atoms with Gasteiger partial charge < -0.3 is 9.84 Å². The van der Waals surface area contributed by atoms with Crippen LogP contribution in [0.2, 0.25) is 0 Å². The molecule has 1 saturated heterocycles. The van der Waals surface area contributed by atoms with Gasteiger partial charge in [0, 0.05) is 0 Å². The number of benzene rings is 1. The van der Waals surface area contributed by atoms with Crippen LogP contribution in [-0.4, -0.2) is 32.9 Å². The highest BCUT2D eigenvalue weighted by molar-refractivity contribution is 8.18. The van der Waals surface area contributed by atoms with Crippen molar-refractivity contribution in [1.29, 1.82) is 0 Å². The second-order valence-electron chi connectivity index (χ2n) is 6.94. The third-order valence-electron chi connectivity index (χ3n) is 4.60. The van der Waals surface area contributed by atoms with Crippen molar-refractivity contribution in [2.24, 2.45) is 5.92 Å². The van der Waals surface area contributed by atoms with Crippen molar-refractivity contribution in [1.82, 2.24) is 0 Å². The van der Waals surface area contributed by atoms with E-state index in [1.54, 1.807) is 0 Å². The van der Waals surface area contributed by atoms with Crippen LogP contribution in [0.15, 0.2) is 30.3 Å². The zero-order chi connectivity index (χ0) is 17.4. The highest BCUT2D eigenvalue weighted by atomic mass is 32.2. The number of thioether (sulfide) groups is 2. The largest absolute Gasteiger partial charge is 0.393 e. The molecular formula is C20H32O2S2. The molecular weight excluding hydrogens is 336 g/mol. The minimum absolute atomic E-state index is 0.162. The van der Waals surface area contributed by atoms with Crippen molar-refractivity contribution >= 4 is 23.5 Å². The lowest BCUT2D eigenvalue weighted by Crippen LogP contribution is -2.35. The Balaban J connectivity index is 1.94. The zero-order valence-corrected chi connectivity index (χ0v) is 16.9. The van der Waals surface area contributed by atoms with Crippen LogP contribution in [-0.2, 0) is 11.3 Å². The maximum absolute atomic E-state index is 9.97. The molecule has 1 aliphatic rings. The number of aliphatic hydroxyl groups excluding tert-OH is 1. The predicted molar refractivity (Wildman–Crippen MR) is 108 cm³/mol.